The molecule has 0 spiro atoms. The molecule has 106 valence electrons. The number of Topliss-reactive ketones (excluding diaryl/α,β-unsaturated/α-hetero) is 2. The fourth-order valence-electron chi connectivity index (χ4n) is 2.91. The van der Waals surface area contributed by atoms with Gasteiger partial charge in [0, 0.05) is 24.3 Å². The lowest BCUT2D eigenvalue weighted by atomic mass is 9.88. The Morgan fingerprint density at radius 2 is 2.10 bits per heavy atom. The first-order chi connectivity index (χ1) is 10.1. The summed E-state index contributed by atoms with van der Waals surface area (Å²) in [6, 6.07) is 5.72. The Hall–Kier alpha value is -2.32. The molecule has 21 heavy (non-hydrogen) atoms. The topological polar surface area (TPSA) is 34.1 Å². The minimum atomic E-state index is -0.637. The van der Waals surface area contributed by atoms with Crippen LogP contribution in [-0.2, 0) is 16.0 Å². The van der Waals surface area contributed by atoms with Crippen LogP contribution in [0.1, 0.15) is 49.3 Å². The predicted octanol–water partition coefficient (Wildman–Crippen LogP) is 2.89. The molecule has 1 aliphatic carbocycles. The van der Waals surface area contributed by atoms with Crippen LogP contribution in [0.2, 0.25) is 0 Å². The van der Waals surface area contributed by atoms with Gasteiger partial charge in [0.25, 0.3) is 0 Å². The molecule has 2 heteroatoms. The van der Waals surface area contributed by atoms with Crippen LogP contribution in [-0.4, -0.2) is 11.6 Å². The normalized spacial score (nSPS) is 20.8. The maximum Gasteiger partial charge on any atom is 0.152 e. The fraction of sp³-hybridized carbons (Fsp3) is 0.368. The number of carbonyl (C=O) groups excluding carboxylic acids is 2. The summed E-state index contributed by atoms with van der Waals surface area (Å²) in [5, 5.41) is 0. The Morgan fingerprint density at radius 3 is 2.71 bits per heavy atom. The summed E-state index contributed by atoms with van der Waals surface area (Å²) in [6.45, 7) is 3.80. The molecule has 1 aromatic carbocycles. The van der Waals surface area contributed by atoms with Gasteiger partial charge in [0.1, 0.15) is 11.7 Å². The highest BCUT2D eigenvalue weighted by molar-refractivity contribution is 6.14. The Morgan fingerprint density at radius 1 is 1.33 bits per heavy atom. The highest BCUT2D eigenvalue weighted by Crippen LogP contribution is 2.35. The number of rotatable bonds is 3. The van der Waals surface area contributed by atoms with E-state index < -0.39 is 5.92 Å². The van der Waals surface area contributed by atoms with Crippen LogP contribution in [0, 0.1) is 30.1 Å². The highest BCUT2D eigenvalue weighted by atomic mass is 16.2. The Bertz CT molecular complexity index is 680. The molecule has 0 saturated heterocycles. The van der Waals surface area contributed by atoms with E-state index in [1.54, 1.807) is 6.92 Å². The van der Waals surface area contributed by atoms with Crippen LogP contribution in [0.25, 0.3) is 0 Å². The van der Waals surface area contributed by atoms with E-state index in [1.165, 1.54) is 0 Å². The third-order valence-corrected chi connectivity index (χ3v) is 3.92. The largest absolute Gasteiger partial charge is 0.298 e. The van der Waals surface area contributed by atoms with Gasteiger partial charge in [-0.3, -0.25) is 9.59 Å². The van der Waals surface area contributed by atoms with Crippen molar-refractivity contribution in [3.05, 3.63) is 34.9 Å². The molecule has 1 aromatic rings. The van der Waals surface area contributed by atoms with Crippen molar-refractivity contribution in [2.24, 2.45) is 5.92 Å². The maximum absolute atomic E-state index is 12.4. The minimum Gasteiger partial charge on any atom is -0.298 e. The number of carbonyl (C=O) groups is 2. The van der Waals surface area contributed by atoms with Gasteiger partial charge in [0.05, 0.1) is 0 Å². The molecular formula is C19H18O2. The number of benzene rings is 1. The van der Waals surface area contributed by atoms with Crippen LogP contribution in [0.4, 0.5) is 0 Å². The van der Waals surface area contributed by atoms with E-state index in [0.29, 0.717) is 6.42 Å². The summed E-state index contributed by atoms with van der Waals surface area (Å²) in [4.78, 5) is 24.7. The number of hydrogen-bond acceptors (Lipinski definition) is 2. The van der Waals surface area contributed by atoms with Crippen LogP contribution in [0.3, 0.4) is 0 Å². The third kappa shape index (κ3) is 2.91. The van der Waals surface area contributed by atoms with Crippen LogP contribution >= 0.6 is 0 Å². The molecule has 1 saturated carbocycles. The van der Waals surface area contributed by atoms with Gasteiger partial charge in [-0.05, 0) is 36.6 Å². The molecule has 0 heterocycles. The van der Waals surface area contributed by atoms with Crippen molar-refractivity contribution >= 4 is 11.6 Å². The van der Waals surface area contributed by atoms with Crippen molar-refractivity contribution in [1.29, 1.82) is 0 Å². The zero-order chi connectivity index (χ0) is 15.4. The number of terminal acetylenes is 1. The van der Waals surface area contributed by atoms with Crippen molar-refractivity contribution in [3.8, 4) is 24.2 Å². The van der Waals surface area contributed by atoms with E-state index in [1.807, 2.05) is 25.1 Å². The summed E-state index contributed by atoms with van der Waals surface area (Å²) in [6.07, 6.45) is 6.67. The summed E-state index contributed by atoms with van der Waals surface area (Å²) >= 11 is 0. The fourth-order valence-corrected chi connectivity index (χ4v) is 2.91. The van der Waals surface area contributed by atoms with Crippen molar-refractivity contribution in [3.63, 3.8) is 0 Å². The number of ketones is 2. The van der Waals surface area contributed by atoms with E-state index in [-0.39, 0.29) is 23.9 Å². The van der Waals surface area contributed by atoms with Crippen LogP contribution in [0.15, 0.2) is 18.2 Å². The molecule has 2 rings (SSSR count). The third-order valence-electron chi connectivity index (χ3n) is 3.92. The zero-order valence-electron chi connectivity index (χ0n) is 12.4. The molecule has 2 nitrogen and oxygen atoms in total. The molecule has 2 atom stereocenters. The van der Waals surface area contributed by atoms with E-state index >= 15 is 0 Å². The van der Waals surface area contributed by atoms with Gasteiger partial charge in [0.2, 0.25) is 0 Å². The Balaban J connectivity index is 2.41. The van der Waals surface area contributed by atoms with Crippen molar-refractivity contribution in [2.75, 3.05) is 0 Å². The first-order valence-electron chi connectivity index (χ1n) is 7.17. The molecule has 1 fully saturated rings. The van der Waals surface area contributed by atoms with Gasteiger partial charge in [0.15, 0.2) is 5.78 Å². The second kappa shape index (κ2) is 6.42. The van der Waals surface area contributed by atoms with Gasteiger partial charge in [-0.15, -0.1) is 18.3 Å². The SMILES string of the molecule is C#CCC1CC(=O)C(c2ccc(C#CC)cc2CC)C1=O. The predicted molar refractivity (Wildman–Crippen MR) is 82.7 cm³/mol. The summed E-state index contributed by atoms with van der Waals surface area (Å²) in [5.41, 5.74) is 2.76. The highest BCUT2D eigenvalue weighted by Gasteiger charge is 2.42. The van der Waals surface area contributed by atoms with Gasteiger partial charge >= 0.3 is 0 Å². The molecule has 0 bridgehead atoms. The average molecular weight is 278 g/mol. The lowest BCUT2D eigenvalue weighted by Crippen LogP contribution is -2.17. The lowest BCUT2D eigenvalue weighted by molar-refractivity contribution is -0.124. The lowest BCUT2D eigenvalue weighted by Gasteiger charge is -2.13. The monoisotopic (exact) mass is 278 g/mol. The first-order valence-corrected chi connectivity index (χ1v) is 7.17. The van der Waals surface area contributed by atoms with Crippen molar-refractivity contribution < 1.29 is 9.59 Å². The van der Waals surface area contributed by atoms with Crippen LogP contribution < -0.4 is 0 Å². The zero-order valence-corrected chi connectivity index (χ0v) is 12.4. The van der Waals surface area contributed by atoms with Gasteiger partial charge in [-0.1, -0.05) is 18.9 Å². The van der Waals surface area contributed by atoms with Gasteiger partial charge in [-0.25, -0.2) is 0 Å². The standard InChI is InChI=1S/C19H18O2/c1-4-7-13-9-10-16(14(6-3)11-13)18-17(20)12-15(8-5-2)19(18)21/h2,9-11,15,18H,6,8,12H2,1,3H3. The molecule has 2 unspecified atom stereocenters. The quantitative estimate of drug-likeness (QED) is 0.629. The molecular weight excluding hydrogens is 260 g/mol. The molecule has 0 aromatic heterocycles. The Kier molecular flexibility index (Phi) is 4.61. The van der Waals surface area contributed by atoms with Gasteiger partial charge < -0.3 is 0 Å². The molecule has 1 aliphatic rings. The van der Waals surface area contributed by atoms with Gasteiger partial charge in [-0.2, -0.15) is 0 Å². The van der Waals surface area contributed by atoms with E-state index in [4.69, 9.17) is 6.42 Å². The first kappa shape index (κ1) is 15.1. The number of hydrogen-bond donors (Lipinski definition) is 0. The number of aryl methyl sites for hydroxylation is 1. The summed E-state index contributed by atoms with van der Waals surface area (Å²) < 4.78 is 0. The second-order valence-corrected chi connectivity index (χ2v) is 5.25. The second-order valence-electron chi connectivity index (χ2n) is 5.25. The van der Waals surface area contributed by atoms with Crippen molar-refractivity contribution in [2.45, 2.75) is 39.0 Å². The molecule has 0 N–H and O–H groups in total. The van der Waals surface area contributed by atoms with Crippen LogP contribution in [0.5, 0.6) is 0 Å². The Labute approximate surface area is 125 Å². The summed E-state index contributed by atoms with van der Waals surface area (Å²) in [7, 11) is 0. The maximum atomic E-state index is 12.4. The molecule has 0 radical (unpaired) electrons. The molecule has 0 amide bonds. The minimum absolute atomic E-state index is 0.00993. The van der Waals surface area contributed by atoms with E-state index in [9.17, 15) is 9.59 Å². The van der Waals surface area contributed by atoms with Crippen molar-refractivity contribution in [1.82, 2.24) is 0 Å². The van der Waals surface area contributed by atoms with E-state index in [2.05, 4.69) is 17.8 Å². The summed E-state index contributed by atoms with van der Waals surface area (Å²) in [5.74, 6) is 7.37. The van der Waals surface area contributed by atoms with E-state index in [0.717, 1.165) is 23.1 Å². The smallest absolute Gasteiger partial charge is 0.152 e. The molecule has 0 aliphatic heterocycles. The average Bonchev–Trinajstić information content (AvgIpc) is 2.74.